The zero-order chi connectivity index (χ0) is 9.97. The second kappa shape index (κ2) is 3.64. The van der Waals surface area contributed by atoms with E-state index in [1.807, 2.05) is 30.3 Å². The van der Waals surface area contributed by atoms with E-state index < -0.39 is 0 Å². The molecule has 0 aliphatic heterocycles. The molecule has 0 saturated carbocycles. The maximum Gasteiger partial charge on any atom is 0.182 e. The van der Waals surface area contributed by atoms with Crippen LogP contribution in [0.3, 0.4) is 0 Å². The van der Waals surface area contributed by atoms with Gasteiger partial charge in [-0.05, 0) is 11.6 Å². The Hall–Kier alpha value is -1.61. The molecule has 0 radical (unpaired) electrons. The number of carbonyl (C=O) groups is 1. The first-order valence-electron chi connectivity index (χ1n) is 4.14. The van der Waals surface area contributed by atoms with Crippen LogP contribution in [0.25, 0.3) is 10.4 Å². The molecule has 2 nitrogen and oxygen atoms in total. The highest BCUT2D eigenvalue weighted by molar-refractivity contribution is 7.17. The molecule has 70 valence electrons. The lowest BCUT2D eigenvalue weighted by molar-refractivity contribution is 0.112. The lowest BCUT2D eigenvalue weighted by Gasteiger charge is -1.93. The summed E-state index contributed by atoms with van der Waals surface area (Å²) in [6.07, 6.45) is 0.665. The van der Waals surface area contributed by atoms with E-state index in [-0.39, 0.29) is 5.06 Å². The number of aromatic hydroxyl groups is 1. The van der Waals surface area contributed by atoms with E-state index in [0.29, 0.717) is 11.8 Å². The van der Waals surface area contributed by atoms with E-state index in [4.69, 9.17) is 0 Å². The first-order valence-corrected chi connectivity index (χ1v) is 4.96. The second-order valence-electron chi connectivity index (χ2n) is 2.86. The summed E-state index contributed by atoms with van der Waals surface area (Å²) >= 11 is 1.22. The van der Waals surface area contributed by atoms with Gasteiger partial charge >= 0.3 is 0 Å². The van der Waals surface area contributed by atoms with Crippen LogP contribution < -0.4 is 0 Å². The van der Waals surface area contributed by atoms with Crippen LogP contribution in [0, 0.1) is 0 Å². The van der Waals surface area contributed by atoms with Gasteiger partial charge in [-0.2, -0.15) is 0 Å². The van der Waals surface area contributed by atoms with Crippen LogP contribution in [-0.2, 0) is 0 Å². The van der Waals surface area contributed by atoms with Gasteiger partial charge in [-0.25, -0.2) is 0 Å². The third-order valence-corrected chi connectivity index (χ3v) is 2.93. The minimum absolute atomic E-state index is 0.0823. The Kier molecular flexibility index (Phi) is 2.33. The fraction of sp³-hybridized carbons (Fsp3) is 0. The smallest absolute Gasteiger partial charge is 0.182 e. The second-order valence-corrected chi connectivity index (χ2v) is 3.89. The number of rotatable bonds is 2. The van der Waals surface area contributed by atoms with E-state index >= 15 is 0 Å². The molecule has 1 aromatic heterocycles. The van der Waals surface area contributed by atoms with Crippen LogP contribution in [-0.4, -0.2) is 11.4 Å². The maximum absolute atomic E-state index is 10.5. The molecule has 14 heavy (non-hydrogen) atoms. The maximum atomic E-state index is 10.5. The molecule has 0 aliphatic carbocycles. The number of hydrogen-bond acceptors (Lipinski definition) is 3. The third-order valence-electron chi connectivity index (χ3n) is 1.93. The van der Waals surface area contributed by atoms with Crippen LogP contribution in [0.5, 0.6) is 5.06 Å². The summed E-state index contributed by atoms with van der Waals surface area (Å²) in [5.74, 6) is 0. The van der Waals surface area contributed by atoms with Crippen molar-refractivity contribution in [1.29, 1.82) is 0 Å². The molecule has 1 aromatic carbocycles. The van der Waals surface area contributed by atoms with Gasteiger partial charge in [0, 0.05) is 4.88 Å². The Labute approximate surface area is 85.4 Å². The molecule has 2 aromatic rings. The Morgan fingerprint density at radius 3 is 2.50 bits per heavy atom. The zero-order valence-electron chi connectivity index (χ0n) is 7.31. The van der Waals surface area contributed by atoms with E-state index in [1.54, 1.807) is 6.07 Å². The number of hydrogen-bond donors (Lipinski definition) is 1. The van der Waals surface area contributed by atoms with Crippen LogP contribution in [0.1, 0.15) is 10.4 Å². The van der Waals surface area contributed by atoms with E-state index in [1.165, 1.54) is 11.3 Å². The highest BCUT2D eigenvalue weighted by Crippen LogP contribution is 2.34. The fourth-order valence-corrected chi connectivity index (χ4v) is 2.10. The van der Waals surface area contributed by atoms with Gasteiger partial charge in [0.1, 0.15) is 0 Å². The number of thiophene rings is 1. The van der Waals surface area contributed by atoms with E-state index in [2.05, 4.69) is 0 Å². The van der Waals surface area contributed by atoms with E-state index in [9.17, 15) is 9.90 Å². The summed E-state index contributed by atoms with van der Waals surface area (Å²) in [6, 6.07) is 11.4. The summed E-state index contributed by atoms with van der Waals surface area (Å²) < 4.78 is 0. The molecular weight excluding hydrogens is 196 g/mol. The highest BCUT2D eigenvalue weighted by atomic mass is 32.1. The highest BCUT2D eigenvalue weighted by Gasteiger charge is 2.07. The van der Waals surface area contributed by atoms with Crippen molar-refractivity contribution >= 4 is 17.6 Å². The van der Waals surface area contributed by atoms with E-state index in [0.717, 1.165) is 10.4 Å². The van der Waals surface area contributed by atoms with Crippen LogP contribution in [0.2, 0.25) is 0 Å². The Bertz CT molecular complexity index is 446. The van der Waals surface area contributed by atoms with Crippen molar-refractivity contribution in [2.75, 3.05) is 0 Å². The molecule has 0 unspecified atom stereocenters. The van der Waals surface area contributed by atoms with Crippen molar-refractivity contribution < 1.29 is 9.90 Å². The minimum Gasteiger partial charge on any atom is -0.499 e. The third kappa shape index (κ3) is 1.54. The molecule has 2 rings (SSSR count). The first-order chi connectivity index (χ1) is 6.81. The molecule has 0 amide bonds. The Morgan fingerprint density at radius 1 is 1.21 bits per heavy atom. The fourth-order valence-electron chi connectivity index (χ4n) is 1.22. The average Bonchev–Trinajstić information content (AvgIpc) is 2.61. The molecule has 3 heteroatoms. The summed E-state index contributed by atoms with van der Waals surface area (Å²) in [7, 11) is 0. The van der Waals surface area contributed by atoms with Gasteiger partial charge in [0.2, 0.25) is 0 Å². The summed E-state index contributed by atoms with van der Waals surface area (Å²) in [6.45, 7) is 0. The monoisotopic (exact) mass is 204 g/mol. The molecule has 1 heterocycles. The molecule has 0 saturated heterocycles. The normalized spacial score (nSPS) is 10.0. The quantitative estimate of drug-likeness (QED) is 0.763. The number of aldehydes is 1. The van der Waals surface area contributed by atoms with Gasteiger partial charge < -0.3 is 5.11 Å². The van der Waals surface area contributed by atoms with Gasteiger partial charge in [-0.15, -0.1) is 0 Å². The van der Waals surface area contributed by atoms with Gasteiger partial charge in [-0.3, -0.25) is 4.79 Å². The summed E-state index contributed by atoms with van der Waals surface area (Å²) in [4.78, 5) is 11.4. The van der Waals surface area contributed by atoms with Crippen molar-refractivity contribution in [3.05, 3.63) is 42.0 Å². The van der Waals surface area contributed by atoms with Crippen molar-refractivity contribution in [1.82, 2.24) is 0 Å². The molecule has 0 atom stereocenters. The summed E-state index contributed by atoms with van der Waals surface area (Å²) in [5, 5.41) is 9.46. The lowest BCUT2D eigenvalue weighted by Crippen LogP contribution is -1.72. The molecule has 0 fully saturated rings. The predicted molar refractivity (Wildman–Crippen MR) is 56.8 cm³/mol. The van der Waals surface area contributed by atoms with Gasteiger partial charge in [0.05, 0.1) is 5.56 Å². The summed E-state index contributed by atoms with van der Waals surface area (Å²) in [5.41, 5.74) is 1.37. The van der Waals surface area contributed by atoms with Gasteiger partial charge in [-0.1, -0.05) is 41.7 Å². The first kappa shape index (κ1) is 8.97. The Morgan fingerprint density at radius 2 is 1.93 bits per heavy atom. The van der Waals surface area contributed by atoms with Crippen LogP contribution in [0.4, 0.5) is 0 Å². The van der Waals surface area contributed by atoms with Crippen molar-refractivity contribution in [3.8, 4) is 15.5 Å². The van der Waals surface area contributed by atoms with Crippen molar-refractivity contribution in [3.63, 3.8) is 0 Å². The topological polar surface area (TPSA) is 37.3 Å². The Balaban J connectivity index is 2.48. The standard InChI is InChI=1S/C11H8O2S/c12-7-9-6-10(14-11(9)13)8-4-2-1-3-5-8/h1-7,13H. The van der Waals surface area contributed by atoms with Crippen LogP contribution >= 0.6 is 11.3 Å². The number of carbonyl (C=O) groups excluding carboxylic acids is 1. The molecule has 0 spiro atoms. The van der Waals surface area contributed by atoms with Crippen LogP contribution in [0.15, 0.2) is 36.4 Å². The predicted octanol–water partition coefficient (Wildman–Crippen LogP) is 2.93. The van der Waals surface area contributed by atoms with Gasteiger partial charge in [0.15, 0.2) is 11.3 Å². The molecule has 1 N–H and O–H groups in total. The van der Waals surface area contributed by atoms with Gasteiger partial charge in [0.25, 0.3) is 0 Å². The number of benzene rings is 1. The van der Waals surface area contributed by atoms with Crippen molar-refractivity contribution in [2.45, 2.75) is 0 Å². The van der Waals surface area contributed by atoms with Crippen molar-refractivity contribution in [2.24, 2.45) is 0 Å². The largest absolute Gasteiger partial charge is 0.499 e. The average molecular weight is 204 g/mol. The molecule has 0 bridgehead atoms. The minimum atomic E-state index is 0.0823. The molecule has 0 aliphatic rings. The SMILES string of the molecule is O=Cc1cc(-c2ccccc2)sc1O. The molecular formula is C11H8O2S. The zero-order valence-corrected chi connectivity index (χ0v) is 8.12. The lowest BCUT2D eigenvalue weighted by atomic mass is 10.2.